The largest absolute Gasteiger partial charge is 0.464 e. The van der Waals surface area contributed by atoms with Crippen molar-refractivity contribution in [3.05, 3.63) is 41.1 Å². The number of aliphatic hydroxyl groups is 1. The van der Waals surface area contributed by atoms with Gasteiger partial charge in [0.05, 0.1) is 6.61 Å². The van der Waals surface area contributed by atoms with E-state index in [1.807, 2.05) is 0 Å². The van der Waals surface area contributed by atoms with Crippen LogP contribution < -0.4 is 0 Å². The van der Waals surface area contributed by atoms with Crippen LogP contribution in [0.4, 0.5) is 0 Å². The third-order valence-electron chi connectivity index (χ3n) is 3.60. The summed E-state index contributed by atoms with van der Waals surface area (Å²) >= 11 is 0. The van der Waals surface area contributed by atoms with Crippen LogP contribution in [0.25, 0.3) is 0 Å². The Bertz CT molecular complexity index is 612. The lowest BCUT2D eigenvalue weighted by Gasteiger charge is -2.30. The number of rotatable bonds is 5. The summed E-state index contributed by atoms with van der Waals surface area (Å²) in [5.74, 6) is -2.64. The van der Waals surface area contributed by atoms with Gasteiger partial charge in [0, 0.05) is 4.90 Å². The second kappa shape index (κ2) is 6.15. The van der Waals surface area contributed by atoms with E-state index in [2.05, 4.69) is 0 Å². The van der Waals surface area contributed by atoms with Crippen LogP contribution in [0.1, 0.15) is 25.3 Å². The second-order valence-electron chi connectivity index (χ2n) is 4.85. The molecule has 22 heavy (non-hydrogen) atoms. The molecule has 0 aliphatic carbocycles. The number of hydrogen-bond acceptors (Lipinski definition) is 6. The van der Waals surface area contributed by atoms with E-state index >= 15 is 0 Å². The van der Waals surface area contributed by atoms with Crippen molar-refractivity contribution in [2.45, 2.75) is 25.4 Å². The van der Waals surface area contributed by atoms with Gasteiger partial charge in [0.2, 0.25) is 5.60 Å². The zero-order valence-electron chi connectivity index (χ0n) is 12.3. The lowest BCUT2D eigenvalue weighted by molar-refractivity contribution is -0.744. The van der Waals surface area contributed by atoms with Crippen LogP contribution >= 0.6 is 0 Å². The standard InChI is InChI=1S/C15H17NO6/c1-3-21-14(19)15(10(2)18)13(11-7-5-4-6-8-11)12(9-17)16(20)22-15/h4-8,13,17H,3,9H2,1-2H3/t13-,15+/m1/s1. The molecule has 0 amide bonds. The molecular weight excluding hydrogens is 290 g/mol. The van der Waals surface area contributed by atoms with Gasteiger partial charge in [0.15, 0.2) is 5.78 Å². The van der Waals surface area contributed by atoms with Crippen molar-refractivity contribution >= 4 is 17.5 Å². The Morgan fingerprint density at radius 3 is 2.55 bits per heavy atom. The van der Waals surface area contributed by atoms with Crippen LogP contribution in [0, 0.1) is 5.21 Å². The molecule has 1 aliphatic rings. The van der Waals surface area contributed by atoms with E-state index in [9.17, 15) is 19.9 Å². The number of nitrogens with zero attached hydrogens (tertiary/aromatic N) is 1. The number of Topliss-reactive ketones (excluding diaryl/α,β-unsaturated/α-hetero) is 1. The maximum atomic E-state index is 12.4. The molecule has 1 N–H and O–H groups in total. The molecule has 2 atom stereocenters. The van der Waals surface area contributed by atoms with Crippen molar-refractivity contribution < 1.29 is 29.2 Å². The average Bonchev–Trinajstić information content (AvgIpc) is 2.82. The summed E-state index contributed by atoms with van der Waals surface area (Å²) in [6.45, 7) is 2.13. The van der Waals surface area contributed by atoms with E-state index in [1.54, 1.807) is 37.3 Å². The lowest BCUT2D eigenvalue weighted by atomic mass is 9.77. The minimum Gasteiger partial charge on any atom is -0.464 e. The SMILES string of the molecule is CCOC(=O)[C@@]1(C(C)=O)O[N+]([O-])=C(CO)[C@H]1c1ccccc1. The molecule has 0 radical (unpaired) electrons. The van der Waals surface area contributed by atoms with E-state index < -0.39 is 29.9 Å². The molecule has 0 saturated heterocycles. The zero-order chi connectivity index (χ0) is 16.3. The number of hydrogen-bond donors (Lipinski definition) is 1. The molecule has 7 nitrogen and oxygen atoms in total. The Hall–Kier alpha value is -2.41. The fourth-order valence-electron chi connectivity index (χ4n) is 2.61. The molecule has 0 spiro atoms. The van der Waals surface area contributed by atoms with Gasteiger partial charge in [-0.1, -0.05) is 30.3 Å². The fraction of sp³-hybridized carbons (Fsp3) is 0.400. The Morgan fingerprint density at radius 2 is 2.05 bits per heavy atom. The number of benzene rings is 1. The van der Waals surface area contributed by atoms with E-state index in [4.69, 9.17) is 9.57 Å². The van der Waals surface area contributed by atoms with Gasteiger partial charge in [-0.25, -0.2) is 4.79 Å². The van der Waals surface area contributed by atoms with Crippen LogP contribution in [0.2, 0.25) is 0 Å². The summed E-state index contributed by atoms with van der Waals surface area (Å²) < 4.78 is 4.94. The number of ether oxygens (including phenoxy) is 1. The molecule has 7 heteroatoms. The zero-order valence-corrected chi connectivity index (χ0v) is 12.3. The van der Waals surface area contributed by atoms with Crippen LogP contribution in [0.3, 0.4) is 0 Å². The molecule has 1 aliphatic heterocycles. The van der Waals surface area contributed by atoms with Gasteiger partial charge in [-0.15, -0.1) is 0 Å². The van der Waals surface area contributed by atoms with E-state index in [0.29, 0.717) is 5.56 Å². The highest BCUT2D eigenvalue weighted by Gasteiger charge is 2.61. The number of carbonyl (C=O) groups is 2. The number of carbonyl (C=O) groups excluding carboxylic acids is 2. The van der Waals surface area contributed by atoms with E-state index in [0.717, 1.165) is 6.92 Å². The van der Waals surface area contributed by atoms with Gasteiger partial charge < -0.3 is 14.7 Å². The fourth-order valence-corrected chi connectivity index (χ4v) is 2.61. The Labute approximate surface area is 127 Å². The third kappa shape index (κ3) is 2.33. The van der Waals surface area contributed by atoms with E-state index in [1.165, 1.54) is 0 Å². The molecule has 0 bridgehead atoms. The highest BCUT2D eigenvalue weighted by atomic mass is 16.9. The van der Waals surface area contributed by atoms with Crippen molar-refractivity contribution in [2.75, 3.05) is 13.2 Å². The molecule has 0 fully saturated rings. The van der Waals surface area contributed by atoms with Gasteiger partial charge >= 0.3 is 5.97 Å². The van der Waals surface area contributed by atoms with Gasteiger partial charge in [-0.3, -0.25) is 10.0 Å². The predicted molar refractivity (Wildman–Crippen MR) is 76.0 cm³/mol. The van der Waals surface area contributed by atoms with Gasteiger partial charge in [0.25, 0.3) is 5.71 Å². The monoisotopic (exact) mass is 307 g/mol. The molecule has 0 saturated carbocycles. The minimum absolute atomic E-state index is 0.0338. The predicted octanol–water partition coefficient (Wildman–Crippen LogP) is 0.550. The lowest BCUT2D eigenvalue weighted by Crippen LogP contribution is -2.52. The maximum absolute atomic E-state index is 12.4. The summed E-state index contributed by atoms with van der Waals surface area (Å²) in [5.41, 5.74) is -1.72. The Kier molecular flexibility index (Phi) is 4.46. The van der Waals surface area contributed by atoms with Gasteiger partial charge in [-0.2, -0.15) is 0 Å². The molecule has 1 heterocycles. The summed E-state index contributed by atoms with van der Waals surface area (Å²) in [6.07, 6.45) is 0. The highest BCUT2D eigenvalue weighted by Crippen LogP contribution is 2.39. The Balaban J connectivity index is 2.62. The first-order valence-electron chi connectivity index (χ1n) is 6.85. The van der Waals surface area contributed by atoms with Crippen LogP contribution in [-0.4, -0.2) is 46.3 Å². The summed E-state index contributed by atoms with van der Waals surface area (Å²) in [6, 6.07) is 8.47. The van der Waals surface area contributed by atoms with Crippen LogP contribution in [-0.2, 0) is 19.2 Å². The highest BCUT2D eigenvalue weighted by molar-refractivity contribution is 6.13. The molecule has 0 unspecified atom stereocenters. The molecule has 118 valence electrons. The van der Waals surface area contributed by atoms with Crippen molar-refractivity contribution in [3.63, 3.8) is 0 Å². The number of aliphatic hydroxyl groups excluding tert-OH is 1. The van der Waals surface area contributed by atoms with Crippen molar-refractivity contribution in [1.29, 1.82) is 0 Å². The normalized spacial score (nSPS) is 24.0. The van der Waals surface area contributed by atoms with Gasteiger partial charge in [0.1, 0.15) is 12.5 Å². The first-order chi connectivity index (χ1) is 10.5. The maximum Gasteiger partial charge on any atom is 0.337 e. The molecular formula is C15H17NO6. The van der Waals surface area contributed by atoms with Gasteiger partial charge in [-0.05, 0) is 19.4 Å². The summed E-state index contributed by atoms with van der Waals surface area (Å²) in [5, 5.41) is 21.4. The molecule has 0 aromatic heterocycles. The Morgan fingerprint density at radius 1 is 1.41 bits per heavy atom. The number of ketones is 1. The third-order valence-corrected chi connectivity index (χ3v) is 3.60. The van der Waals surface area contributed by atoms with Crippen LogP contribution in [0.5, 0.6) is 0 Å². The molecule has 1 aromatic rings. The molecule has 2 rings (SSSR count). The summed E-state index contributed by atoms with van der Waals surface area (Å²) in [7, 11) is 0. The second-order valence-corrected chi connectivity index (χ2v) is 4.85. The first-order valence-corrected chi connectivity index (χ1v) is 6.85. The van der Waals surface area contributed by atoms with Crippen LogP contribution in [0.15, 0.2) is 30.3 Å². The quantitative estimate of drug-likeness (QED) is 0.484. The van der Waals surface area contributed by atoms with Crippen molar-refractivity contribution in [3.8, 4) is 0 Å². The van der Waals surface area contributed by atoms with E-state index in [-0.39, 0.29) is 17.2 Å². The smallest absolute Gasteiger partial charge is 0.337 e. The minimum atomic E-state index is -2.11. The topological polar surface area (TPSA) is 98.9 Å². The van der Waals surface area contributed by atoms with Crippen molar-refractivity contribution in [2.24, 2.45) is 0 Å². The first kappa shape index (κ1) is 16.0. The summed E-state index contributed by atoms with van der Waals surface area (Å²) in [4.78, 5) is 29.6. The number of esters is 1. The van der Waals surface area contributed by atoms with Crippen molar-refractivity contribution in [1.82, 2.24) is 0 Å². The average molecular weight is 307 g/mol. The molecule has 1 aromatic carbocycles.